The minimum absolute atomic E-state index is 0.0243. The highest BCUT2D eigenvalue weighted by Crippen LogP contribution is 2.37. The standard InChI is InChI=1S/C18H24N2O4S/c1-22-14-7-6-11(16(23-2)17(14)24-3)9-12-10-13(19-20-18(12)21)15-5-4-8-25-15/h4-5,8,12-13,19H,6-7,9-10H2,1-3H3,(H,20,21). The number of rotatable bonds is 6. The van der Waals surface area contributed by atoms with E-state index in [4.69, 9.17) is 14.2 Å². The molecule has 1 amide bonds. The van der Waals surface area contributed by atoms with Crippen LogP contribution in [-0.2, 0) is 19.0 Å². The molecule has 2 atom stereocenters. The van der Waals surface area contributed by atoms with Crippen LogP contribution in [0.3, 0.4) is 0 Å². The van der Waals surface area contributed by atoms with Crippen molar-refractivity contribution in [3.63, 3.8) is 0 Å². The predicted octanol–water partition coefficient (Wildman–Crippen LogP) is 3.02. The third-order valence-corrected chi connectivity index (χ3v) is 5.72. The van der Waals surface area contributed by atoms with Crippen molar-refractivity contribution in [1.82, 2.24) is 10.9 Å². The van der Waals surface area contributed by atoms with Crippen molar-refractivity contribution < 1.29 is 19.0 Å². The summed E-state index contributed by atoms with van der Waals surface area (Å²) >= 11 is 1.70. The van der Waals surface area contributed by atoms with E-state index in [1.807, 2.05) is 6.07 Å². The van der Waals surface area contributed by atoms with Gasteiger partial charge in [-0.1, -0.05) is 6.07 Å². The Kier molecular flexibility index (Phi) is 5.65. The summed E-state index contributed by atoms with van der Waals surface area (Å²) in [4.78, 5) is 13.6. The Morgan fingerprint density at radius 3 is 2.60 bits per heavy atom. The third kappa shape index (κ3) is 3.67. The zero-order chi connectivity index (χ0) is 17.8. The number of hydrogen-bond acceptors (Lipinski definition) is 6. The number of nitrogens with one attached hydrogen (secondary N) is 2. The SMILES string of the molecule is COC1=C(OC)C(OC)=C(CC2CC(c3cccs3)NNC2=O)CC1. The van der Waals surface area contributed by atoms with Gasteiger partial charge in [0.15, 0.2) is 11.5 Å². The second kappa shape index (κ2) is 7.93. The summed E-state index contributed by atoms with van der Waals surface area (Å²) in [7, 11) is 4.88. The Hall–Kier alpha value is -1.99. The van der Waals surface area contributed by atoms with Crippen LogP contribution >= 0.6 is 11.3 Å². The summed E-state index contributed by atoms with van der Waals surface area (Å²) in [6.45, 7) is 0. The fourth-order valence-electron chi connectivity index (χ4n) is 3.47. The Labute approximate surface area is 151 Å². The van der Waals surface area contributed by atoms with Crippen molar-refractivity contribution in [3.8, 4) is 0 Å². The van der Waals surface area contributed by atoms with Crippen LogP contribution in [0.1, 0.15) is 36.6 Å². The summed E-state index contributed by atoms with van der Waals surface area (Å²) < 4.78 is 16.5. The van der Waals surface area contributed by atoms with E-state index in [9.17, 15) is 4.79 Å². The van der Waals surface area contributed by atoms with E-state index in [1.54, 1.807) is 32.7 Å². The lowest BCUT2D eigenvalue weighted by Crippen LogP contribution is -2.49. The summed E-state index contributed by atoms with van der Waals surface area (Å²) in [5.41, 5.74) is 7.04. The van der Waals surface area contributed by atoms with Gasteiger partial charge in [0.05, 0.1) is 27.4 Å². The van der Waals surface area contributed by atoms with Crippen molar-refractivity contribution in [2.24, 2.45) is 5.92 Å². The fraction of sp³-hybridized carbons (Fsp3) is 0.500. The van der Waals surface area contributed by atoms with Gasteiger partial charge in [0.2, 0.25) is 5.91 Å². The lowest BCUT2D eigenvalue weighted by Gasteiger charge is -2.31. The number of hydrazine groups is 1. The van der Waals surface area contributed by atoms with Crippen molar-refractivity contribution in [3.05, 3.63) is 45.2 Å². The van der Waals surface area contributed by atoms with Crippen LogP contribution in [0.4, 0.5) is 0 Å². The van der Waals surface area contributed by atoms with Crippen molar-refractivity contribution in [2.45, 2.75) is 31.7 Å². The maximum atomic E-state index is 12.3. The maximum Gasteiger partial charge on any atom is 0.237 e. The van der Waals surface area contributed by atoms with Crippen molar-refractivity contribution >= 4 is 17.2 Å². The van der Waals surface area contributed by atoms with E-state index in [2.05, 4.69) is 22.3 Å². The number of carbonyl (C=O) groups excluding carboxylic acids is 1. The molecule has 6 nitrogen and oxygen atoms in total. The average Bonchev–Trinajstić information content (AvgIpc) is 3.17. The fourth-order valence-corrected chi connectivity index (χ4v) is 4.26. The second-order valence-corrected chi connectivity index (χ2v) is 7.11. The topological polar surface area (TPSA) is 68.8 Å². The Balaban J connectivity index is 1.80. The first kappa shape index (κ1) is 17.8. The van der Waals surface area contributed by atoms with Crippen LogP contribution in [0.25, 0.3) is 0 Å². The molecule has 25 heavy (non-hydrogen) atoms. The van der Waals surface area contributed by atoms with Crippen LogP contribution in [-0.4, -0.2) is 27.2 Å². The number of carbonyl (C=O) groups is 1. The monoisotopic (exact) mass is 364 g/mol. The zero-order valence-electron chi connectivity index (χ0n) is 14.8. The molecular formula is C18H24N2O4S. The first-order valence-corrected chi connectivity index (χ1v) is 9.22. The van der Waals surface area contributed by atoms with Gasteiger partial charge < -0.3 is 14.2 Å². The van der Waals surface area contributed by atoms with E-state index in [0.717, 1.165) is 30.6 Å². The average molecular weight is 364 g/mol. The number of ether oxygens (including phenoxy) is 3. The highest BCUT2D eigenvalue weighted by molar-refractivity contribution is 7.10. The van der Waals surface area contributed by atoms with E-state index < -0.39 is 0 Å². The van der Waals surface area contributed by atoms with E-state index in [0.29, 0.717) is 17.9 Å². The Morgan fingerprint density at radius 1 is 1.16 bits per heavy atom. The van der Waals surface area contributed by atoms with Gasteiger partial charge in [-0.05, 0) is 36.3 Å². The molecule has 1 fully saturated rings. The zero-order valence-corrected chi connectivity index (χ0v) is 15.6. The molecule has 3 rings (SSSR count). The molecule has 0 bridgehead atoms. The molecule has 136 valence electrons. The minimum Gasteiger partial charge on any atom is -0.497 e. The molecule has 1 aromatic heterocycles. The van der Waals surface area contributed by atoms with Crippen molar-refractivity contribution in [2.75, 3.05) is 21.3 Å². The first-order valence-electron chi connectivity index (χ1n) is 8.34. The molecule has 1 aliphatic carbocycles. The van der Waals surface area contributed by atoms with Crippen molar-refractivity contribution in [1.29, 1.82) is 0 Å². The van der Waals surface area contributed by atoms with Crippen LogP contribution in [0.2, 0.25) is 0 Å². The smallest absolute Gasteiger partial charge is 0.237 e. The molecule has 2 N–H and O–H groups in total. The molecule has 1 aromatic rings. The normalized spacial score (nSPS) is 24.2. The molecule has 0 spiro atoms. The van der Waals surface area contributed by atoms with Crippen LogP contribution in [0.15, 0.2) is 40.4 Å². The van der Waals surface area contributed by atoms with E-state index in [1.165, 1.54) is 4.88 Å². The van der Waals surface area contributed by atoms with Gasteiger partial charge in [-0.25, -0.2) is 5.43 Å². The number of methoxy groups -OCH3 is 3. The van der Waals surface area contributed by atoms with Crippen LogP contribution < -0.4 is 10.9 Å². The quantitative estimate of drug-likeness (QED) is 0.812. The summed E-state index contributed by atoms with van der Waals surface area (Å²) in [5.74, 6) is 2.04. The van der Waals surface area contributed by atoms with Crippen LogP contribution in [0.5, 0.6) is 0 Å². The molecule has 2 unspecified atom stereocenters. The minimum atomic E-state index is -0.101. The van der Waals surface area contributed by atoms with E-state index >= 15 is 0 Å². The van der Waals surface area contributed by atoms with Gasteiger partial charge in [-0.3, -0.25) is 10.2 Å². The first-order chi connectivity index (χ1) is 12.2. The third-order valence-electron chi connectivity index (χ3n) is 4.73. The molecule has 2 heterocycles. The largest absolute Gasteiger partial charge is 0.497 e. The van der Waals surface area contributed by atoms with Gasteiger partial charge in [0.25, 0.3) is 0 Å². The van der Waals surface area contributed by atoms with Gasteiger partial charge in [0.1, 0.15) is 5.76 Å². The van der Waals surface area contributed by atoms with Gasteiger partial charge in [0, 0.05) is 17.2 Å². The second-order valence-electron chi connectivity index (χ2n) is 6.14. The molecule has 1 aliphatic heterocycles. The van der Waals surface area contributed by atoms with Gasteiger partial charge >= 0.3 is 0 Å². The molecule has 0 aromatic carbocycles. The molecular weight excluding hydrogens is 340 g/mol. The molecule has 0 radical (unpaired) electrons. The summed E-state index contributed by atoms with van der Waals surface area (Å²) in [5, 5.41) is 2.05. The molecule has 0 saturated carbocycles. The molecule has 1 saturated heterocycles. The lowest BCUT2D eigenvalue weighted by molar-refractivity contribution is -0.129. The van der Waals surface area contributed by atoms with Crippen LogP contribution in [0, 0.1) is 5.92 Å². The summed E-state index contributed by atoms with van der Waals surface area (Å²) in [6.07, 6.45) is 2.97. The summed E-state index contributed by atoms with van der Waals surface area (Å²) in [6, 6.07) is 4.26. The van der Waals surface area contributed by atoms with E-state index in [-0.39, 0.29) is 17.9 Å². The maximum absolute atomic E-state index is 12.3. The Bertz CT molecular complexity index is 681. The predicted molar refractivity (Wildman–Crippen MR) is 95.4 cm³/mol. The Morgan fingerprint density at radius 2 is 1.96 bits per heavy atom. The van der Waals surface area contributed by atoms with Gasteiger partial charge in [-0.2, -0.15) is 0 Å². The lowest BCUT2D eigenvalue weighted by atomic mass is 9.86. The number of hydrogen-bond donors (Lipinski definition) is 2. The molecule has 7 heteroatoms. The van der Waals surface area contributed by atoms with Gasteiger partial charge in [-0.15, -0.1) is 11.3 Å². The highest BCUT2D eigenvalue weighted by atomic mass is 32.1. The number of thiophene rings is 1. The molecule has 2 aliphatic rings. The number of amides is 1. The number of allylic oxidation sites excluding steroid dienone is 2. The highest BCUT2D eigenvalue weighted by Gasteiger charge is 2.33.